The molecular weight excluding hydrogens is 398 g/mol. The third-order valence-electron chi connectivity index (χ3n) is 2.96. The number of hydrogen-bond acceptors (Lipinski definition) is 4. The molecule has 2 rings (SSSR count). The zero-order valence-electron chi connectivity index (χ0n) is 12.2. The van der Waals surface area contributed by atoms with Gasteiger partial charge >= 0.3 is 0 Å². The van der Waals surface area contributed by atoms with Crippen LogP contribution >= 0.6 is 31.9 Å². The molecule has 0 spiro atoms. The predicted molar refractivity (Wildman–Crippen MR) is 94.3 cm³/mol. The summed E-state index contributed by atoms with van der Waals surface area (Å²) in [4.78, 5) is 6.35. The van der Waals surface area contributed by atoms with Gasteiger partial charge in [-0.1, -0.05) is 0 Å². The first-order valence-electron chi connectivity index (χ1n) is 6.40. The Labute approximate surface area is 141 Å². The van der Waals surface area contributed by atoms with Crippen molar-refractivity contribution in [3.05, 3.63) is 45.0 Å². The number of nitrogens with zero attached hydrogens (tertiary/aromatic N) is 2. The summed E-state index contributed by atoms with van der Waals surface area (Å²) in [6.07, 6.45) is 1.84. The minimum absolute atomic E-state index is 0.712. The molecule has 0 unspecified atom stereocenters. The van der Waals surface area contributed by atoms with Crippen molar-refractivity contribution in [3.8, 4) is 5.75 Å². The number of methoxy groups -OCH3 is 1. The highest BCUT2D eigenvalue weighted by atomic mass is 79.9. The molecule has 6 heteroatoms. The average molecular weight is 415 g/mol. The lowest BCUT2D eigenvalue weighted by atomic mass is 10.2. The highest BCUT2D eigenvalue weighted by molar-refractivity contribution is 9.11. The van der Waals surface area contributed by atoms with Crippen LogP contribution in [0.1, 0.15) is 5.56 Å². The van der Waals surface area contributed by atoms with Gasteiger partial charge in [-0.3, -0.25) is 0 Å². The lowest BCUT2D eigenvalue weighted by Gasteiger charge is -2.13. The number of pyridine rings is 1. The first kappa shape index (κ1) is 16.1. The Morgan fingerprint density at radius 1 is 1.19 bits per heavy atom. The molecule has 112 valence electrons. The Morgan fingerprint density at radius 3 is 2.33 bits per heavy atom. The first-order valence-corrected chi connectivity index (χ1v) is 7.99. The molecule has 0 atom stereocenters. The smallest absolute Gasteiger partial charge is 0.147 e. The van der Waals surface area contributed by atoms with Crippen molar-refractivity contribution >= 4 is 43.4 Å². The number of ether oxygens (including phenoxy) is 1. The summed E-state index contributed by atoms with van der Waals surface area (Å²) in [5.41, 5.74) is 2.13. The monoisotopic (exact) mass is 413 g/mol. The standard InChI is InChI=1S/C15H17Br2N3O/c1-20(2)14-5-4-11(9-19-14)18-8-10-6-12(16)15(21-3)13(17)7-10/h4-7,9,18H,8H2,1-3H3. The van der Waals surface area contributed by atoms with E-state index in [4.69, 9.17) is 4.74 Å². The Bertz CT molecular complexity index is 592. The Balaban J connectivity index is 2.06. The van der Waals surface area contributed by atoms with Crippen LogP contribution in [0.2, 0.25) is 0 Å². The average Bonchev–Trinajstić information content (AvgIpc) is 2.45. The zero-order chi connectivity index (χ0) is 15.4. The van der Waals surface area contributed by atoms with Crippen molar-refractivity contribution in [1.29, 1.82) is 0 Å². The molecule has 0 amide bonds. The Hall–Kier alpha value is -1.27. The predicted octanol–water partition coefficient (Wildman–Crippen LogP) is 4.29. The molecule has 0 bridgehead atoms. The number of halogens is 2. The molecule has 1 aromatic carbocycles. The molecule has 0 aliphatic carbocycles. The molecule has 0 aliphatic heterocycles. The molecule has 0 saturated heterocycles. The fourth-order valence-corrected chi connectivity index (χ4v) is 3.47. The van der Waals surface area contributed by atoms with Crippen molar-refractivity contribution in [2.45, 2.75) is 6.54 Å². The molecule has 2 aromatic rings. The number of benzene rings is 1. The highest BCUT2D eigenvalue weighted by Crippen LogP contribution is 2.34. The van der Waals surface area contributed by atoms with Crippen molar-refractivity contribution in [3.63, 3.8) is 0 Å². The second-order valence-electron chi connectivity index (χ2n) is 4.75. The zero-order valence-corrected chi connectivity index (χ0v) is 15.3. The second-order valence-corrected chi connectivity index (χ2v) is 6.45. The molecule has 0 aliphatic rings. The molecule has 1 N–H and O–H groups in total. The van der Waals surface area contributed by atoms with Crippen molar-refractivity contribution in [2.24, 2.45) is 0 Å². The maximum atomic E-state index is 5.30. The summed E-state index contributed by atoms with van der Waals surface area (Å²) in [6, 6.07) is 8.09. The van der Waals surface area contributed by atoms with Gasteiger partial charge in [0.1, 0.15) is 11.6 Å². The normalized spacial score (nSPS) is 10.3. The third kappa shape index (κ3) is 4.11. The van der Waals surface area contributed by atoms with Gasteiger partial charge in [0.05, 0.1) is 27.9 Å². The Morgan fingerprint density at radius 2 is 1.86 bits per heavy atom. The van der Waals surface area contributed by atoms with Gasteiger partial charge in [0, 0.05) is 20.6 Å². The van der Waals surface area contributed by atoms with E-state index in [1.165, 1.54) is 0 Å². The lowest BCUT2D eigenvalue weighted by Crippen LogP contribution is -2.10. The summed E-state index contributed by atoms with van der Waals surface area (Å²) in [6.45, 7) is 0.712. The Kier molecular flexibility index (Phi) is 5.47. The molecule has 0 radical (unpaired) electrons. The van der Waals surface area contributed by atoms with Crippen molar-refractivity contribution < 1.29 is 4.74 Å². The highest BCUT2D eigenvalue weighted by Gasteiger charge is 2.07. The number of rotatable bonds is 5. The van der Waals surface area contributed by atoms with Crippen LogP contribution in [0.25, 0.3) is 0 Å². The summed E-state index contributed by atoms with van der Waals surface area (Å²) >= 11 is 7.02. The van der Waals surface area contributed by atoms with Crippen LogP contribution in [0.3, 0.4) is 0 Å². The van der Waals surface area contributed by atoms with Crippen molar-refractivity contribution in [1.82, 2.24) is 4.98 Å². The number of anilines is 2. The van der Waals surface area contributed by atoms with E-state index in [2.05, 4.69) is 42.2 Å². The number of aromatic nitrogens is 1. The third-order valence-corrected chi connectivity index (χ3v) is 4.14. The second kappa shape index (κ2) is 7.13. The van der Waals surface area contributed by atoms with E-state index in [9.17, 15) is 0 Å². The van der Waals surface area contributed by atoms with E-state index in [0.29, 0.717) is 6.54 Å². The molecule has 1 aromatic heterocycles. The van der Waals surface area contributed by atoms with Gasteiger partial charge in [-0.25, -0.2) is 4.98 Å². The van der Waals surface area contributed by atoms with Gasteiger partial charge in [0.25, 0.3) is 0 Å². The van der Waals surface area contributed by atoms with Gasteiger partial charge in [0.15, 0.2) is 0 Å². The quantitative estimate of drug-likeness (QED) is 0.791. The maximum absolute atomic E-state index is 5.30. The van der Waals surface area contributed by atoms with Gasteiger partial charge in [-0.15, -0.1) is 0 Å². The van der Waals surface area contributed by atoms with Crippen LogP contribution in [0.5, 0.6) is 5.75 Å². The fourth-order valence-electron chi connectivity index (χ4n) is 1.87. The topological polar surface area (TPSA) is 37.4 Å². The number of hydrogen-bond donors (Lipinski definition) is 1. The lowest BCUT2D eigenvalue weighted by molar-refractivity contribution is 0.409. The molecule has 1 heterocycles. The van der Waals surface area contributed by atoms with Gasteiger partial charge in [-0.05, 0) is 61.7 Å². The van der Waals surface area contributed by atoms with Crippen LogP contribution in [-0.2, 0) is 6.54 Å². The van der Waals surface area contributed by atoms with Crippen LogP contribution in [-0.4, -0.2) is 26.2 Å². The fraction of sp³-hybridized carbons (Fsp3) is 0.267. The minimum Gasteiger partial charge on any atom is -0.494 e. The molecule has 21 heavy (non-hydrogen) atoms. The summed E-state index contributed by atoms with van der Waals surface area (Å²) < 4.78 is 7.16. The number of nitrogens with one attached hydrogen (secondary N) is 1. The summed E-state index contributed by atoms with van der Waals surface area (Å²) in [7, 11) is 5.60. The van der Waals surface area contributed by atoms with E-state index in [1.807, 2.05) is 49.5 Å². The molecule has 0 saturated carbocycles. The van der Waals surface area contributed by atoms with Crippen LogP contribution in [0.15, 0.2) is 39.4 Å². The van der Waals surface area contributed by atoms with E-state index >= 15 is 0 Å². The largest absolute Gasteiger partial charge is 0.494 e. The van der Waals surface area contributed by atoms with Gasteiger partial charge < -0.3 is 15.0 Å². The van der Waals surface area contributed by atoms with Crippen LogP contribution in [0.4, 0.5) is 11.5 Å². The van der Waals surface area contributed by atoms with E-state index in [1.54, 1.807) is 7.11 Å². The SMILES string of the molecule is COc1c(Br)cc(CNc2ccc(N(C)C)nc2)cc1Br. The van der Waals surface area contributed by atoms with E-state index in [-0.39, 0.29) is 0 Å². The first-order chi connectivity index (χ1) is 10.0. The molecular formula is C15H17Br2N3O. The summed E-state index contributed by atoms with van der Waals surface area (Å²) in [5.74, 6) is 1.74. The maximum Gasteiger partial charge on any atom is 0.147 e. The molecule has 0 fully saturated rings. The molecule has 4 nitrogen and oxygen atoms in total. The summed E-state index contributed by atoms with van der Waals surface area (Å²) in [5, 5.41) is 3.36. The van der Waals surface area contributed by atoms with Gasteiger partial charge in [0.2, 0.25) is 0 Å². The van der Waals surface area contributed by atoms with Crippen molar-refractivity contribution in [2.75, 3.05) is 31.4 Å². The minimum atomic E-state index is 0.712. The van der Waals surface area contributed by atoms with E-state index in [0.717, 1.165) is 31.8 Å². The van der Waals surface area contributed by atoms with Gasteiger partial charge in [-0.2, -0.15) is 0 Å². The van der Waals surface area contributed by atoms with Crippen LogP contribution < -0.4 is 15.0 Å². The van der Waals surface area contributed by atoms with Crippen LogP contribution in [0, 0.1) is 0 Å². The van der Waals surface area contributed by atoms with E-state index < -0.39 is 0 Å².